The van der Waals surface area contributed by atoms with E-state index in [0.717, 1.165) is 50.5 Å². The van der Waals surface area contributed by atoms with Gasteiger partial charge in [-0.1, -0.05) is 12.1 Å². The predicted molar refractivity (Wildman–Crippen MR) is 106 cm³/mol. The van der Waals surface area contributed by atoms with Crippen molar-refractivity contribution in [2.45, 2.75) is 13.0 Å². The smallest absolute Gasteiger partial charge is 0.163 e. The van der Waals surface area contributed by atoms with Gasteiger partial charge < -0.3 is 14.7 Å². The largest absolute Gasteiger partial charge is 0.388 e. The number of ether oxygens (including phenoxy) is 1. The molecule has 7 nitrogen and oxygen atoms in total. The van der Waals surface area contributed by atoms with Crippen LogP contribution in [0.15, 0.2) is 30.5 Å². The summed E-state index contributed by atoms with van der Waals surface area (Å²) in [7, 11) is 0. The van der Waals surface area contributed by atoms with Gasteiger partial charge in [0.05, 0.1) is 36.4 Å². The minimum Gasteiger partial charge on any atom is -0.388 e. The monoisotopic (exact) mass is 381 g/mol. The highest BCUT2D eigenvalue weighted by atomic mass is 32.1. The average molecular weight is 381 g/mol. The molecule has 0 spiro atoms. The SMILES string of the molecule is CC(O)c1cc2c(N3CCOCC3)nc(-c3cccc4[nH]ncc34)nc2s1. The van der Waals surface area contributed by atoms with Gasteiger partial charge in [-0.05, 0) is 19.1 Å². The molecule has 0 radical (unpaired) electrons. The summed E-state index contributed by atoms with van der Waals surface area (Å²) in [5.74, 6) is 1.58. The molecule has 1 aliphatic rings. The first-order valence-corrected chi connectivity index (χ1v) is 9.77. The molecule has 27 heavy (non-hydrogen) atoms. The van der Waals surface area contributed by atoms with Crippen molar-refractivity contribution >= 4 is 38.3 Å². The molecule has 0 bridgehead atoms. The summed E-state index contributed by atoms with van der Waals surface area (Å²) in [6, 6.07) is 8.00. The number of hydrogen-bond acceptors (Lipinski definition) is 7. The molecule has 2 N–H and O–H groups in total. The molecule has 0 amide bonds. The van der Waals surface area contributed by atoms with E-state index < -0.39 is 6.10 Å². The van der Waals surface area contributed by atoms with E-state index in [1.807, 2.05) is 30.5 Å². The lowest BCUT2D eigenvalue weighted by molar-refractivity contribution is 0.122. The second kappa shape index (κ2) is 6.56. The number of morpholine rings is 1. The van der Waals surface area contributed by atoms with Gasteiger partial charge in [0.15, 0.2) is 5.82 Å². The Hall–Kier alpha value is -2.55. The molecule has 1 atom stereocenters. The quantitative estimate of drug-likeness (QED) is 0.567. The summed E-state index contributed by atoms with van der Waals surface area (Å²) in [6.45, 7) is 4.74. The number of thiophene rings is 1. The van der Waals surface area contributed by atoms with Crippen molar-refractivity contribution < 1.29 is 9.84 Å². The molecule has 138 valence electrons. The van der Waals surface area contributed by atoms with Crippen LogP contribution in [-0.4, -0.2) is 51.6 Å². The molecule has 4 aromatic rings. The van der Waals surface area contributed by atoms with Crippen LogP contribution in [0, 0.1) is 0 Å². The van der Waals surface area contributed by atoms with Crippen molar-refractivity contribution in [3.05, 3.63) is 35.3 Å². The van der Waals surface area contributed by atoms with Gasteiger partial charge in [0.25, 0.3) is 0 Å². The summed E-state index contributed by atoms with van der Waals surface area (Å²) >= 11 is 1.52. The van der Waals surface area contributed by atoms with Gasteiger partial charge in [0.2, 0.25) is 0 Å². The van der Waals surface area contributed by atoms with Crippen LogP contribution in [0.25, 0.3) is 32.5 Å². The number of H-pyrrole nitrogens is 1. The second-order valence-electron chi connectivity index (χ2n) is 6.65. The molecule has 8 heteroatoms. The number of aliphatic hydroxyl groups excluding tert-OH is 1. The molecule has 1 fully saturated rings. The number of fused-ring (bicyclic) bond motifs is 2. The van der Waals surface area contributed by atoms with Crippen LogP contribution >= 0.6 is 11.3 Å². The van der Waals surface area contributed by atoms with E-state index in [2.05, 4.69) is 15.1 Å². The molecule has 0 saturated carbocycles. The van der Waals surface area contributed by atoms with Crippen LogP contribution in [0.1, 0.15) is 17.9 Å². The first kappa shape index (κ1) is 16.6. The minimum atomic E-state index is -0.525. The van der Waals surface area contributed by atoms with E-state index >= 15 is 0 Å². The number of hydrogen-bond donors (Lipinski definition) is 2. The molecule has 1 unspecified atom stereocenters. The average Bonchev–Trinajstić information content (AvgIpc) is 3.34. The Kier molecular flexibility index (Phi) is 4.04. The van der Waals surface area contributed by atoms with E-state index in [0.29, 0.717) is 19.0 Å². The summed E-state index contributed by atoms with van der Waals surface area (Å²) < 4.78 is 5.50. The maximum absolute atomic E-state index is 10.0. The zero-order valence-electron chi connectivity index (χ0n) is 14.8. The number of nitrogens with one attached hydrogen (secondary N) is 1. The van der Waals surface area contributed by atoms with Crippen LogP contribution in [0.2, 0.25) is 0 Å². The standard InChI is InChI=1S/C19H19N5O2S/c1-11(25)16-9-13-18(24-5-7-26-8-6-24)21-17(22-19(13)27-16)12-3-2-4-15-14(12)10-20-23-15/h2-4,9-11,25H,5-8H2,1H3,(H,20,23). The van der Waals surface area contributed by atoms with Gasteiger partial charge in [-0.15, -0.1) is 11.3 Å². The van der Waals surface area contributed by atoms with Crippen LogP contribution in [0.3, 0.4) is 0 Å². The third-order valence-corrected chi connectivity index (χ3v) is 6.04. The fourth-order valence-electron chi connectivity index (χ4n) is 3.43. The van der Waals surface area contributed by atoms with Gasteiger partial charge in [-0.2, -0.15) is 5.10 Å². The van der Waals surface area contributed by atoms with E-state index in [9.17, 15) is 5.11 Å². The molecule has 3 aromatic heterocycles. The number of aliphatic hydroxyl groups is 1. The minimum absolute atomic E-state index is 0.525. The second-order valence-corrected chi connectivity index (χ2v) is 7.71. The summed E-state index contributed by atoms with van der Waals surface area (Å²) in [6.07, 6.45) is 1.28. The maximum Gasteiger partial charge on any atom is 0.163 e. The van der Waals surface area contributed by atoms with Gasteiger partial charge >= 0.3 is 0 Å². The van der Waals surface area contributed by atoms with Crippen LogP contribution in [-0.2, 0) is 4.74 Å². The Morgan fingerprint density at radius 2 is 2.07 bits per heavy atom. The lowest BCUT2D eigenvalue weighted by Crippen LogP contribution is -2.37. The Bertz CT molecular complexity index is 1110. The lowest BCUT2D eigenvalue weighted by atomic mass is 10.1. The van der Waals surface area contributed by atoms with Crippen LogP contribution in [0.5, 0.6) is 0 Å². The summed E-state index contributed by atoms with van der Waals surface area (Å²) in [5, 5.41) is 19.2. The molecule has 4 heterocycles. The number of benzene rings is 1. The van der Waals surface area contributed by atoms with Gasteiger partial charge in [-0.3, -0.25) is 5.10 Å². The Morgan fingerprint density at radius 3 is 2.89 bits per heavy atom. The first-order valence-electron chi connectivity index (χ1n) is 8.95. The van der Waals surface area contributed by atoms with Crippen molar-refractivity contribution in [1.82, 2.24) is 20.2 Å². The van der Waals surface area contributed by atoms with Crippen LogP contribution in [0.4, 0.5) is 5.82 Å². The number of rotatable bonds is 3. The lowest BCUT2D eigenvalue weighted by Gasteiger charge is -2.28. The van der Waals surface area contributed by atoms with Crippen molar-refractivity contribution in [1.29, 1.82) is 0 Å². The molecular weight excluding hydrogens is 362 g/mol. The zero-order chi connectivity index (χ0) is 18.4. The third kappa shape index (κ3) is 2.86. The maximum atomic E-state index is 10.0. The number of nitrogens with zero attached hydrogens (tertiary/aromatic N) is 4. The topological polar surface area (TPSA) is 87.2 Å². The first-order chi connectivity index (χ1) is 13.2. The number of aromatic amines is 1. The number of aromatic nitrogens is 4. The van der Waals surface area contributed by atoms with E-state index in [1.165, 1.54) is 11.3 Å². The summed E-state index contributed by atoms with van der Waals surface area (Å²) in [5.41, 5.74) is 1.91. The van der Waals surface area contributed by atoms with Gasteiger partial charge in [-0.25, -0.2) is 9.97 Å². The zero-order valence-corrected chi connectivity index (χ0v) is 15.7. The summed E-state index contributed by atoms with van der Waals surface area (Å²) in [4.78, 5) is 13.8. The molecule has 1 saturated heterocycles. The van der Waals surface area contributed by atoms with E-state index in [1.54, 1.807) is 6.92 Å². The molecule has 0 aliphatic carbocycles. The van der Waals surface area contributed by atoms with Gasteiger partial charge in [0.1, 0.15) is 10.6 Å². The van der Waals surface area contributed by atoms with Gasteiger partial charge in [0, 0.05) is 28.9 Å². The van der Waals surface area contributed by atoms with Crippen molar-refractivity contribution in [2.75, 3.05) is 31.2 Å². The van der Waals surface area contributed by atoms with Crippen molar-refractivity contribution in [2.24, 2.45) is 0 Å². The Balaban J connectivity index is 1.74. The van der Waals surface area contributed by atoms with Crippen molar-refractivity contribution in [3.8, 4) is 11.4 Å². The fraction of sp³-hybridized carbons (Fsp3) is 0.316. The normalized spacial score (nSPS) is 16.3. The Labute approximate surface area is 159 Å². The van der Waals surface area contributed by atoms with Crippen LogP contribution < -0.4 is 4.90 Å². The van der Waals surface area contributed by atoms with E-state index in [-0.39, 0.29) is 0 Å². The molecular formula is C19H19N5O2S. The Morgan fingerprint density at radius 1 is 1.22 bits per heavy atom. The highest BCUT2D eigenvalue weighted by Gasteiger charge is 2.21. The molecule has 1 aromatic carbocycles. The predicted octanol–water partition coefficient (Wildman–Crippen LogP) is 3.12. The molecule has 5 rings (SSSR count). The molecule has 1 aliphatic heterocycles. The third-order valence-electron chi connectivity index (χ3n) is 4.84. The highest BCUT2D eigenvalue weighted by molar-refractivity contribution is 7.18. The van der Waals surface area contributed by atoms with E-state index in [4.69, 9.17) is 14.7 Å². The fourth-order valence-corrected chi connectivity index (χ4v) is 4.39. The number of anilines is 1. The highest BCUT2D eigenvalue weighted by Crippen LogP contribution is 2.36. The van der Waals surface area contributed by atoms with Crippen molar-refractivity contribution in [3.63, 3.8) is 0 Å².